The van der Waals surface area contributed by atoms with Crippen LogP contribution in [0.5, 0.6) is 17.2 Å². The van der Waals surface area contributed by atoms with Crippen LogP contribution in [0.3, 0.4) is 0 Å². The summed E-state index contributed by atoms with van der Waals surface area (Å²) in [5, 5.41) is 13.9. The van der Waals surface area contributed by atoms with Crippen LogP contribution in [0, 0.1) is 0 Å². The largest absolute Gasteiger partial charge is 0.527 e. The van der Waals surface area contributed by atoms with Gasteiger partial charge in [-0.05, 0) is 76.6 Å². The van der Waals surface area contributed by atoms with E-state index in [2.05, 4.69) is 38.2 Å². The average Bonchev–Trinajstić information content (AvgIpc) is 3.27. The molecule has 1 heterocycles. The number of nitrogens with zero attached hydrogens (tertiary/aromatic N) is 1. The molecule has 4 aromatic carbocycles. The molecule has 4 N–H and O–H groups in total. The van der Waals surface area contributed by atoms with E-state index in [0.717, 1.165) is 37.3 Å². The van der Waals surface area contributed by atoms with Crippen molar-refractivity contribution in [2.24, 2.45) is 0 Å². The van der Waals surface area contributed by atoms with Crippen LogP contribution in [0.25, 0.3) is 0 Å². The van der Waals surface area contributed by atoms with Gasteiger partial charge in [-0.15, -0.1) is 0 Å². The second-order valence-electron chi connectivity index (χ2n) is 13.7. The van der Waals surface area contributed by atoms with E-state index in [4.69, 9.17) is 18.1 Å². The van der Waals surface area contributed by atoms with Gasteiger partial charge < -0.3 is 24.4 Å². The number of phenolic OH excluding ortho intramolecular Hbond substituents is 1. The predicted molar refractivity (Wildman–Crippen MR) is 218 cm³/mol. The molecular formula is C42H48N2O10P2. The Morgan fingerprint density at radius 2 is 1.29 bits per heavy atom. The summed E-state index contributed by atoms with van der Waals surface area (Å²) in [4.78, 5) is 37.4. The topological polar surface area (TPSA) is 164 Å². The molecular weight excluding hydrogens is 754 g/mol. The van der Waals surface area contributed by atoms with Crippen molar-refractivity contribution in [3.63, 3.8) is 0 Å². The highest BCUT2D eigenvalue weighted by Gasteiger charge is 2.35. The minimum atomic E-state index is -4.90. The van der Waals surface area contributed by atoms with Crippen LogP contribution in [0.15, 0.2) is 126 Å². The molecule has 0 fully saturated rings. The van der Waals surface area contributed by atoms with Crippen LogP contribution >= 0.6 is 15.6 Å². The quantitative estimate of drug-likeness (QED) is 0.0430. The molecule has 0 spiro atoms. The molecule has 1 amide bonds. The first kappa shape index (κ1) is 42.2. The van der Waals surface area contributed by atoms with E-state index in [9.17, 15) is 28.8 Å². The van der Waals surface area contributed by atoms with E-state index >= 15 is 0 Å². The molecule has 56 heavy (non-hydrogen) atoms. The lowest BCUT2D eigenvalue weighted by molar-refractivity contribution is 0.0990. The molecule has 5 rings (SSSR count). The van der Waals surface area contributed by atoms with Crippen molar-refractivity contribution < 1.29 is 46.9 Å². The lowest BCUT2D eigenvalue weighted by Crippen LogP contribution is -2.30. The van der Waals surface area contributed by atoms with Gasteiger partial charge >= 0.3 is 15.6 Å². The zero-order valence-corrected chi connectivity index (χ0v) is 33.7. The molecule has 0 radical (unpaired) electrons. The molecule has 0 aromatic heterocycles. The number of hydrogen-bond acceptors (Lipinski definition) is 9. The molecule has 0 saturated heterocycles. The zero-order valence-electron chi connectivity index (χ0n) is 31.9. The van der Waals surface area contributed by atoms with Gasteiger partial charge in [0.15, 0.2) is 5.75 Å². The van der Waals surface area contributed by atoms with Gasteiger partial charge in [-0.3, -0.25) is 23.6 Å². The number of benzene rings is 4. The first-order chi connectivity index (χ1) is 26.7. The van der Waals surface area contributed by atoms with Crippen LogP contribution in [-0.4, -0.2) is 27.3 Å². The van der Waals surface area contributed by atoms with E-state index in [1.165, 1.54) is 40.3 Å². The average molecular weight is 803 g/mol. The zero-order chi connectivity index (χ0) is 40.3. The first-order valence-electron chi connectivity index (χ1n) is 18.1. The maximum atomic E-state index is 14.3. The molecule has 296 valence electrons. The second kappa shape index (κ2) is 19.3. The summed E-state index contributed by atoms with van der Waals surface area (Å²) in [6.45, 7) is 7.72. The molecule has 2 unspecified atom stereocenters. The monoisotopic (exact) mass is 802 g/mol. The van der Waals surface area contributed by atoms with Gasteiger partial charge in [-0.1, -0.05) is 102 Å². The van der Waals surface area contributed by atoms with Crippen LogP contribution in [0.4, 0.5) is 17.1 Å². The fourth-order valence-electron chi connectivity index (χ4n) is 5.81. The van der Waals surface area contributed by atoms with Gasteiger partial charge in [0.05, 0.1) is 30.2 Å². The highest BCUT2D eigenvalue weighted by atomic mass is 31.2. The summed E-state index contributed by atoms with van der Waals surface area (Å²) >= 11 is 0. The van der Waals surface area contributed by atoms with E-state index in [1.54, 1.807) is 60.7 Å². The van der Waals surface area contributed by atoms with E-state index in [-0.39, 0.29) is 59.6 Å². The number of hydrogen-bond donors (Lipinski definition) is 4. The number of phosphoric acid groups is 2. The van der Waals surface area contributed by atoms with Crippen LogP contribution in [-0.2, 0) is 31.4 Å². The van der Waals surface area contributed by atoms with Crippen molar-refractivity contribution in [1.29, 1.82) is 0 Å². The lowest BCUT2D eigenvalue weighted by atomic mass is 10.1. The number of anilines is 3. The molecule has 12 nitrogen and oxygen atoms in total. The minimum Gasteiger partial charge on any atom is -0.506 e. The number of nitrogens with one attached hydrogen (secondary N) is 1. The number of para-hydroxylation sites is 1. The predicted octanol–water partition coefficient (Wildman–Crippen LogP) is 10.9. The fraction of sp³-hybridized carbons (Fsp3) is 0.262. The highest BCUT2D eigenvalue weighted by Crippen LogP contribution is 2.55. The Morgan fingerprint density at radius 1 is 0.714 bits per heavy atom. The smallest absolute Gasteiger partial charge is 0.506 e. The molecule has 2 atom stereocenters. The molecule has 0 saturated carbocycles. The molecule has 1 aliphatic heterocycles. The van der Waals surface area contributed by atoms with Gasteiger partial charge in [0.2, 0.25) is 0 Å². The second-order valence-corrected chi connectivity index (χ2v) is 16.4. The third kappa shape index (κ3) is 12.3. The van der Waals surface area contributed by atoms with E-state index in [1.807, 2.05) is 13.0 Å². The summed E-state index contributed by atoms with van der Waals surface area (Å²) in [5.74, 6) is -1.49. The SMILES string of the molecule is CC(C)=CCC/C(C)=C/CC/C(C)=C/CN1C(=O)c2cccc(O)c2Nc2c(OP(=O)(O)OCc3ccccc3)cc(OP(=O)(O)OCc3ccccc3)cc21. The van der Waals surface area contributed by atoms with Crippen molar-refractivity contribution in [1.82, 2.24) is 0 Å². The van der Waals surface area contributed by atoms with E-state index < -0.39 is 21.6 Å². The van der Waals surface area contributed by atoms with Crippen molar-refractivity contribution in [3.05, 3.63) is 143 Å². The Bertz CT molecular complexity index is 2180. The first-order valence-corrected chi connectivity index (χ1v) is 21.1. The Labute approximate surface area is 328 Å². The summed E-state index contributed by atoms with van der Waals surface area (Å²) in [5.41, 5.74) is 4.95. The number of amides is 1. The van der Waals surface area contributed by atoms with E-state index in [0.29, 0.717) is 11.1 Å². The van der Waals surface area contributed by atoms with Crippen molar-refractivity contribution in [2.75, 3.05) is 16.8 Å². The lowest BCUT2D eigenvalue weighted by Gasteiger charge is -2.25. The number of fused-ring (bicyclic) bond motifs is 2. The minimum absolute atomic E-state index is 0.0116. The third-order valence-electron chi connectivity index (χ3n) is 8.77. The number of carbonyl (C=O) groups excluding carboxylic acids is 1. The van der Waals surface area contributed by atoms with Crippen LogP contribution < -0.4 is 19.3 Å². The van der Waals surface area contributed by atoms with Crippen molar-refractivity contribution in [3.8, 4) is 17.2 Å². The molecule has 4 aromatic rings. The number of aromatic hydroxyl groups is 1. The normalized spacial score (nSPS) is 15.0. The summed E-state index contributed by atoms with van der Waals surface area (Å²) in [7, 11) is -9.72. The number of carbonyl (C=O) groups is 1. The van der Waals surface area contributed by atoms with Gasteiger partial charge in [-0.2, -0.15) is 0 Å². The van der Waals surface area contributed by atoms with Crippen molar-refractivity contribution in [2.45, 2.75) is 66.6 Å². The maximum absolute atomic E-state index is 14.3. The van der Waals surface area contributed by atoms with Crippen LogP contribution in [0.2, 0.25) is 0 Å². The highest BCUT2D eigenvalue weighted by molar-refractivity contribution is 7.48. The maximum Gasteiger partial charge on any atom is 0.527 e. The van der Waals surface area contributed by atoms with Crippen molar-refractivity contribution >= 4 is 38.6 Å². The molecule has 1 aliphatic rings. The Kier molecular flexibility index (Phi) is 14.5. The van der Waals surface area contributed by atoms with Crippen LogP contribution in [0.1, 0.15) is 74.9 Å². The molecule has 14 heteroatoms. The Morgan fingerprint density at radius 3 is 1.89 bits per heavy atom. The number of phenols is 1. The standard InChI is InChI=1S/C42H48N2O10P2/c1-30(2)14-11-15-31(3)16-12-17-32(4)24-25-44-37-26-35(53-55(47,48)51-28-33-18-7-5-8-19-33)27-39(54-56(49,50)52-29-34-20-9-6-10-21-34)41(37)43-40-36(42(44)46)22-13-23-38(40)45/h5-10,13-14,16,18-24,26-27,43,45H,11-12,15,17,25,28-29H2,1-4H3,(H,47,48)(H,49,50)/b31-16+,32-24+. The summed E-state index contributed by atoms with van der Waals surface area (Å²) in [6.07, 6.45) is 9.78. The number of phosphoric ester groups is 2. The van der Waals surface area contributed by atoms with Gasteiger partial charge in [-0.25, -0.2) is 9.13 Å². The fourth-order valence-corrected chi connectivity index (χ4v) is 7.30. The number of allylic oxidation sites excluding steroid dienone is 5. The van der Waals surface area contributed by atoms with Gasteiger partial charge in [0, 0.05) is 18.7 Å². The molecule has 0 bridgehead atoms. The van der Waals surface area contributed by atoms with Gasteiger partial charge in [0.1, 0.15) is 17.2 Å². The third-order valence-corrected chi connectivity index (χ3v) is 10.5. The molecule has 0 aliphatic carbocycles. The summed E-state index contributed by atoms with van der Waals surface area (Å²) in [6, 6.07) is 24.3. The summed E-state index contributed by atoms with van der Waals surface area (Å²) < 4.78 is 48.4. The Balaban J connectivity index is 1.51. The Hall–Kier alpha value is -4.93. The van der Waals surface area contributed by atoms with Gasteiger partial charge in [0.25, 0.3) is 5.91 Å². The number of rotatable bonds is 18.